The normalized spacial score (nSPS) is 41.8. The largest absolute Gasteiger partial charge is 0.452 e. The predicted molar refractivity (Wildman–Crippen MR) is 124 cm³/mol. The lowest BCUT2D eigenvalue weighted by atomic mass is 9.54. The van der Waals surface area contributed by atoms with E-state index in [2.05, 4.69) is 11.0 Å². The summed E-state index contributed by atoms with van der Waals surface area (Å²) in [7, 11) is 0. The second-order valence-electron chi connectivity index (χ2n) is 11.8. The first kappa shape index (κ1) is 21.6. The van der Waals surface area contributed by atoms with E-state index in [-0.39, 0.29) is 17.2 Å². The first-order valence-corrected chi connectivity index (χ1v) is 12.6. The van der Waals surface area contributed by atoms with Gasteiger partial charge in [-0.2, -0.15) is 0 Å². The number of nitrogens with zero attached hydrogens (tertiary/aromatic N) is 2. The van der Waals surface area contributed by atoms with Gasteiger partial charge in [-0.1, -0.05) is 24.3 Å². The second kappa shape index (κ2) is 6.53. The Balaban J connectivity index is 1.49. The highest BCUT2D eigenvalue weighted by molar-refractivity contribution is 6.01. The lowest BCUT2D eigenvalue weighted by Gasteiger charge is -2.60. The van der Waals surface area contributed by atoms with Gasteiger partial charge in [0.05, 0.1) is 17.0 Å². The van der Waals surface area contributed by atoms with Gasteiger partial charge in [0.25, 0.3) is 0 Å². The average Bonchev–Trinajstić information content (AvgIpc) is 3.21. The van der Waals surface area contributed by atoms with E-state index in [0.29, 0.717) is 6.42 Å². The van der Waals surface area contributed by atoms with E-state index in [9.17, 15) is 14.4 Å². The van der Waals surface area contributed by atoms with Crippen molar-refractivity contribution < 1.29 is 28.6 Å². The number of hydrogen-bond acceptors (Lipinski definition) is 7. The molecule has 8 atom stereocenters. The lowest BCUT2D eigenvalue weighted by molar-refractivity contribution is -0.267. The van der Waals surface area contributed by atoms with E-state index >= 15 is 0 Å². The number of piperidine rings is 1. The molecule has 5 aliphatic heterocycles. The van der Waals surface area contributed by atoms with E-state index in [1.165, 1.54) is 6.92 Å². The number of esters is 1. The maximum atomic E-state index is 14.3. The summed E-state index contributed by atoms with van der Waals surface area (Å²) in [6, 6.07) is 7.86. The Kier molecular flexibility index (Phi) is 4.02. The van der Waals surface area contributed by atoms with Gasteiger partial charge in [-0.25, -0.2) is 9.69 Å². The van der Waals surface area contributed by atoms with Gasteiger partial charge < -0.3 is 14.2 Å². The number of ketones is 1. The van der Waals surface area contributed by atoms with E-state index in [4.69, 9.17) is 14.2 Å². The third-order valence-electron chi connectivity index (χ3n) is 8.98. The van der Waals surface area contributed by atoms with E-state index in [0.717, 1.165) is 36.3 Å². The first-order valence-electron chi connectivity index (χ1n) is 12.6. The number of fused-ring (bicyclic) bond motifs is 2. The number of Topliss-reactive ketones (excluding diaryl/α,β-unsaturated/α-hetero) is 1. The minimum atomic E-state index is -0.925. The number of anilines is 1. The molecule has 1 spiro atoms. The first-order chi connectivity index (χ1) is 16.6. The van der Waals surface area contributed by atoms with E-state index in [1.807, 2.05) is 45.0 Å². The van der Waals surface area contributed by atoms with Crippen molar-refractivity contribution in [1.82, 2.24) is 4.90 Å². The van der Waals surface area contributed by atoms with Crippen LogP contribution in [0.15, 0.2) is 36.0 Å². The molecule has 0 N–H and O–H groups in total. The standard InChI is InChI=1S/C27H30N2O6/c1-14(30)33-20-19(31)18-22-28-13-7-11-26(21(20)34-22)12-10-17-27(18,23(26)28)15-8-5-6-9-16(15)29(17)24(32)35-25(2,3)4/h5-6,8-10,18,20-23H,7,11-13H2,1-4H3/t18-,20?,21?,22+,23-,26?,27-/m0/s1. The maximum absolute atomic E-state index is 14.3. The Morgan fingerprint density at radius 1 is 1.20 bits per heavy atom. The van der Waals surface area contributed by atoms with Crippen molar-refractivity contribution in [3.63, 3.8) is 0 Å². The summed E-state index contributed by atoms with van der Waals surface area (Å²) in [5.41, 5.74) is 0.744. The number of rotatable bonds is 1. The molecular formula is C27H30N2O6. The molecule has 4 unspecified atom stereocenters. The van der Waals surface area contributed by atoms with Crippen LogP contribution in [0.2, 0.25) is 0 Å². The monoisotopic (exact) mass is 478 g/mol. The van der Waals surface area contributed by atoms with Crippen molar-refractivity contribution in [2.45, 2.75) is 82.5 Å². The summed E-state index contributed by atoms with van der Waals surface area (Å²) in [5.74, 6) is -1.14. The fourth-order valence-corrected chi connectivity index (χ4v) is 8.33. The van der Waals surface area contributed by atoms with Crippen LogP contribution in [0.1, 0.15) is 52.5 Å². The van der Waals surface area contributed by atoms with Gasteiger partial charge in [0.1, 0.15) is 17.9 Å². The average molecular weight is 479 g/mol. The van der Waals surface area contributed by atoms with Crippen LogP contribution >= 0.6 is 0 Å². The Hall–Kier alpha value is -2.71. The van der Waals surface area contributed by atoms with Gasteiger partial charge in [0.2, 0.25) is 0 Å². The molecule has 8 nitrogen and oxygen atoms in total. The molecule has 0 saturated carbocycles. The number of hydrogen-bond donors (Lipinski definition) is 0. The highest BCUT2D eigenvalue weighted by Crippen LogP contribution is 2.73. The van der Waals surface area contributed by atoms with Crippen LogP contribution < -0.4 is 4.90 Å². The van der Waals surface area contributed by atoms with Crippen molar-refractivity contribution >= 4 is 23.5 Å². The lowest BCUT2D eigenvalue weighted by Crippen LogP contribution is -2.70. The number of benzene rings is 1. The number of carbonyl (C=O) groups is 3. The topological polar surface area (TPSA) is 85.4 Å². The molecule has 1 amide bonds. The van der Waals surface area contributed by atoms with E-state index in [1.54, 1.807) is 4.90 Å². The summed E-state index contributed by atoms with van der Waals surface area (Å²) in [4.78, 5) is 44.0. The summed E-state index contributed by atoms with van der Waals surface area (Å²) in [6.07, 6.45) is 2.42. The molecule has 184 valence electrons. The minimum absolute atomic E-state index is 0.0180. The maximum Gasteiger partial charge on any atom is 0.419 e. The minimum Gasteiger partial charge on any atom is -0.452 e. The Labute approximate surface area is 204 Å². The molecule has 4 fully saturated rings. The Bertz CT molecular complexity index is 1220. The number of ether oxygens (including phenoxy) is 3. The van der Waals surface area contributed by atoms with Crippen molar-refractivity contribution in [3.05, 3.63) is 41.6 Å². The highest BCUT2D eigenvalue weighted by atomic mass is 16.6. The van der Waals surface area contributed by atoms with Crippen LogP contribution in [0, 0.1) is 11.3 Å². The van der Waals surface area contributed by atoms with Gasteiger partial charge in [-0.15, -0.1) is 0 Å². The van der Waals surface area contributed by atoms with Gasteiger partial charge >= 0.3 is 12.1 Å². The molecule has 1 aromatic carbocycles. The predicted octanol–water partition coefficient (Wildman–Crippen LogP) is 3.29. The fourth-order valence-electron chi connectivity index (χ4n) is 8.33. The molecule has 7 rings (SSSR count). The van der Waals surface area contributed by atoms with Crippen LogP contribution in [0.25, 0.3) is 0 Å². The zero-order chi connectivity index (χ0) is 24.5. The van der Waals surface area contributed by atoms with Gasteiger partial charge in [-0.3, -0.25) is 14.5 Å². The van der Waals surface area contributed by atoms with Crippen LogP contribution in [0.3, 0.4) is 0 Å². The summed E-state index contributed by atoms with van der Waals surface area (Å²) < 4.78 is 18.2. The number of carbonyl (C=O) groups excluding carboxylic acids is 3. The fraction of sp³-hybridized carbons (Fsp3) is 0.593. The van der Waals surface area contributed by atoms with Crippen LogP contribution in [-0.2, 0) is 29.2 Å². The smallest absolute Gasteiger partial charge is 0.419 e. The molecule has 1 aromatic rings. The zero-order valence-electron chi connectivity index (χ0n) is 20.4. The van der Waals surface area contributed by atoms with Crippen molar-refractivity contribution in [2.75, 3.05) is 11.4 Å². The van der Waals surface area contributed by atoms with Crippen molar-refractivity contribution in [2.24, 2.45) is 11.3 Å². The molecule has 8 heteroatoms. The molecule has 35 heavy (non-hydrogen) atoms. The van der Waals surface area contributed by atoms with Gasteiger partial charge in [0, 0.05) is 30.6 Å². The van der Waals surface area contributed by atoms with Crippen molar-refractivity contribution in [3.8, 4) is 0 Å². The summed E-state index contributed by atoms with van der Waals surface area (Å²) in [5, 5.41) is 0. The molecule has 5 heterocycles. The van der Waals surface area contributed by atoms with Crippen LogP contribution in [0.5, 0.6) is 0 Å². The Morgan fingerprint density at radius 3 is 2.71 bits per heavy atom. The van der Waals surface area contributed by atoms with Crippen molar-refractivity contribution in [1.29, 1.82) is 0 Å². The molecule has 1 aliphatic carbocycles. The number of para-hydroxylation sites is 1. The summed E-state index contributed by atoms with van der Waals surface area (Å²) in [6.45, 7) is 7.76. The molecule has 0 radical (unpaired) electrons. The molecular weight excluding hydrogens is 448 g/mol. The second-order valence-corrected chi connectivity index (χ2v) is 11.8. The Morgan fingerprint density at radius 2 is 1.97 bits per heavy atom. The third kappa shape index (κ3) is 2.38. The zero-order valence-corrected chi connectivity index (χ0v) is 20.4. The number of allylic oxidation sites excluding steroid dienone is 1. The van der Waals surface area contributed by atoms with Crippen LogP contribution in [-0.4, -0.2) is 59.4 Å². The van der Waals surface area contributed by atoms with Gasteiger partial charge in [-0.05, 0) is 51.7 Å². The van der Waals surface area contributed by atoms with E-state index < -0.39 is 47.4 Å². The number of amides is 1. The quantitative estimate of drug-likeness (QED) is 0.573. The highest BCUT2D eigenvalue weighted by Gasteiger charge is 2.82. The molecule has 0 aromatic heterocycles. The third-order valence-corrected chi connectivity index (χ3v) is 8.98. The van der Waals surface area contributed by atoms with Gasteiger partial charge in [0.15, 0.2) is 11.9 Å². The SMILES string of the molecule is CC(=O)OC1C(=O)[C@H]2[C@H]3OC1C14CC=C5N(C(=O)OC(C)(C)C)c6ccccc6[C@]52[C@H]1N3CCC4. The molecule has 5 bridgehead atoms. The molecule has 4 saturated heterocycles. The molecule has 6 aliphatic rings. The summed E-state index contributed by atoms with van der Waals surface area (Å²) >= 11 is 0. The van der Waals surface area contributed by atoms with Crippen LogP contribution in [0.4, 0.5) is 10.5 Å².